The molecule has 7 nitrogen and oxygen atoms in total. The summed E-state index contributed by atoms with van der Waals surface area (Å²) in [6, 6.07) is 0. The van der Waals surface area contributed by atoms with Gasteiger partial charge in [0.05, 0.1) is 5.75 Å². The second-order valence-corrected chi connectivity index (χ2v) is 5.00. The summed E-state index contributed by atoms with van der Waals surface area (Å²) in [6.45, 7) is 4.35. The average molecular weight is 254 g/mol. The summed E-state index contributed by atoms with van der Waals surface area (Å²) >= 11 is 1.77. The first-order valence-electron chi connectivity index (χ1n) is 5.23. The Labute approximate surface area is 103 Å². The van der Waals surface area contributed by atoms with Crippen molar-refractivity contribution < 1.29 is 4.52 Å². The zero-order chi connectivity index (χ0) is 12.3. The molecule has 0 atom stereocenters. The molecule has 0 amide bonds. The van der Waals surface area contributed by atoms with Crippen LogP contribution < -0.4 is 5.73 Å². The van der Waals surface area contributed by atoms with Crippen LogP contribution in [0.2, 0.25) is 0 Å². The maximum absolute atomic E-state index is 5.39. The summed E-state index contributed by atoms with van der Waals surface area (Å²) in [5.41, 5.74) is 5.39. The van der Waals surface area contributed by atoms with Crippen LogP contribution in [0.5, 0.6) is 0 Å². The summed E-state index contributed by atoms with van der Waals surface area (Å²) in [6.07, 6.45) is 0. The smallest absolute Gasteiger partial charge is 0.295 e. The highest BCUT2D eigenvalue weighted by Gasteiger charge is 2.12. The number of aromatic amines is 1. The van der Waals surface area contributed by atoms with E-state index in [-0.39, 0.29) is 5.95 Å². The number of anilines is 1. The van der Waals surface area contributed by atoms with Gasteiger partial charge in [-0.15, -0.1) is 5.10 Å². The van der Waals surface area contributed by atoms with E-state index in [1.165, 1.54) is 0 Å². The number of H-pyrrole nitrogens is 1. The van der Waals surface area contributed by atoms with Crippen LogP contribution in [-0.2, 0) is 5.75 Å². The predicted molar refractivity (Wildman–Crippen MR) is 65.1 cm³/mol. The third-order valence-corrected chi connectivity index (χ3v) is 3.22. The quantitative estimate of drug-likeness (QED) is 0.828. The minimum Gasteiger partial charge on any atom is -0.366 e. The molecule has 0 aliphatic heterocycles. The molecule has 2 aromatic heterocycles. The zero-order valence-electron chi connectivity index (χ0n) is 9.67. The van der Waals surface area contributed by atoms with Crippen molar-refractivity contribution in [2.24, 2.45) is 5.92 Å². The normalized spacial score (nSPS) is 11.2. The molecule has 2 aromatic rings. The molecule has 3 N–H and O–H groups in total. The van der Waals surface area contributed by atoms with Gasteiger partial charge in [0.15, 0.2) is 5.82 Å². The Kier molecular flexibility index (Phi) is 3.62. The number of nitrogens with one attached hydrogen (secondary N) is 1. The fourth-order valence-corrected chi connectivity index (χ4v) is 2.05. The van der Waals surface area contributed by atoms with E-state index in [4.69, 9.17) is 10.3 Å². The standard InChI is InChI=1S/C9H14N6OS/c1-5(2)3-17-4-6-11-8(16-15-6)7-12-9(10)14-13-7/h5H,3-4H2,1-2H3,(H3,10,12,13,14). The second-order valence-electron chi connectivity index (χ2n) is 3.97. The van der Waals surface area contributed by atoms with Crippen molar-refractivity contribution in [3.05, 3.63) is 5.82 Å². The average Bonchev–Trinajstić information content (AvgIpc) is 2.86. The van der Waals surface area contributed by atoms with Gasteiger partial charge in [-0.05, 0) is 11.7 Å². The van der Waals surface area contributed by atoms with E-state index in [1.54, 1.807) is 11.8 Å². The molecule has 17 heavy (non-hydrogen) atoms. The van der Waals surface area contributed by atoms with Crippen molar-refractivity contribution in [1.29, 1.82) is 0 Å². The van der Waals surface area contributed by atoms with Gasteiger partial charge in [0.25, 0.3) is 5.89 Å². The molecule has 0 spiro atoms. The summed E-state index contributed by atoms with van der Waals surface area (Å²) in [5, 5.41) is 10.2. The predicted octanol–water partition coefficient (Wildman–Crippen LogP) is 1.33. The van der Waals surface area contributed by atoms with E-state index >= 15 is 0 Å². The first kappa shape index (κ1) is 11.9. The Balaban J connectivity index is 1.96. The van der Waals surface area contributed by atoms with Crippen molar-refractivity contribution in [2.75, 3.05) is 11.5 Å². The topological polar surface area (TPSA) is 107 Å². The Hall–Kier alpha value is -1.57. The first-order chi connectivity index (χ1) is 8.15. The summed E-state index contributed by atoms with van der Waals surface area (Å²) < 4.78 is 5.06. The lowest BCUT2D eigenvalue weighted by molar-refractivity contribution is 0.422. The number of nitrogens with zero attached hydrogens (tertiary/aromatic N) is 4. The highest BCUT2D eigenvalue weighted by Crippen LogP contribution is 2.16. The lowest BCUT2D eigenvalue weighted by Gasteiger charge is -2.00. The van der Waals surface area contributed by atoms with E-state index < -0.39 is 0 Å². The summed E-state index contributed by atoms with van der Waals surface area (Å²) in [7, 11) is 0. The number of hydrogen-bond acceptors (Lipinski definition) is 7. The SMILES string of the molecule is CC(C)CSCc1noc(-c2nc(N)n[nH]2)n1. The third-order valence-electron chi connectivity index (χ3n) is 1.86. The maximum Gasteiger partial charge on any atom is 0.295 e. The fraction of sp³-hybridized carbons (Fsp3) is 0.556. The molecule has 92 valence electrons. The molecule has 0 bridgehead atoms. The van der Waals surface area contributed by atoms with Gasteiger partial charge in [0.1, 0.15) is 0 Å². The van der Waals surface area contributed by atoms with Crippen LogP contribution in [0.15, 0.2) is 4.52 Å². The van der Waals surface area contributed by atoms with Crippen LogP contribution in [-0.4, -0.2) is 31.1 Å². The minimum atomic E-state index is 0.161. The summed E-state index contributed by atoms with van der Waals surface area (Å²) in [4.78, 5) is 8.11. The molecule has 0 saturated heterocycles. The van der Waals surface area contributed by atoms with E-state index in [1.807, 2.05) is 0 Å². The van der Waals surface area contributed by atoms with E-state index in [0.717, 1.165) is 11.5 Å². The lowest BCUT2D eigenvalue weighted by atomic mass is 10.3. The van der Waals surface area contributed by atoms with Gasteiger partial charge in [0.2, 0.25) is 11.8 Å². The molecular formula is C9H14N6OS. The number of rotatable bonds is 5. The van der Waals surface area contributed by atoms with Gasteiger partial charge in [0, 0.05) is 0 Å². The number of nitrogen functional groups attached to an aromatic ring is 1. The minimum absolute atomic E-state index is 0.161. The highest BCUT2D eigenvalue weighted by atomic mass is 32.2. The largest absolute Gasteiger partial charge is 0.366 e. The molecule has 0 aromatic carbocycles. The lowest BCUT2D eigenvalue weighted by Crippen LogP contribution is -1.92. The molecule has 0 unspecified atom stereocenters. The van der Waals surface area contributed by atoms with E-state index in [0.29, 0.717) is 23.5 Å². The molecule has 8 heteroatoms. The van der Waals surface area contributed by atoms with Crippen molar-refractivity contribution in [2.45, 2.75) is 19.6 Å². The Bertz CT molecular complexity index is 479. The van der Waals surface area contributed by atoms with Crippen molar-refractivity contribution >= 4 is 17.7 Å². The van der Waals surface area contributed by atoms with Crippen molar-refractivity contribution in [3.63, 3.8) is 0 Å². The molecule has 0 fully saturated rings. The number of hydrogen-bond donors (Lipinski definition) is 2. The third kappa shape index (κ3) is 3.19. The molecule has 0 aliphatic rings. The van der Waals surface area contributed by atoms with E-state index in [2.05, 4.69) is 39.2 Å². The molecule has 2 rings (SSSR count). The van der Waals surface area contributed by atoms with Crippen LogP contribution in [0.3, 0.4) is 0 Å². The molecule has 0 radical (unpaired) electrons. The maximum atomic E-state index is 5.39. The van der Waals surface area contributed by atoms with Crippen molar-refractivity contribution in [3.8, 4) is 11.7 Å². The Morgan fingerprint density at radius 2 is 2.24 bits per heavy atom. The highest BCUT2D eigenvalue weighted by molar-refractivity contribution is 7.98. The van der Waals surface area contributed by atoms with Gasteiger partial charge in [-0.1, -0.05) is 19.0 Å². The van der Waals surface area contributed by atoms with Gasteiger partial charge >= 0.3 is 0 Å². The van der Waals surface area contributed by atoms with Gasteiger partial charge < -0.3 is 10.3 Å². The Morgan fingerprint density at radius 1 is 1.41 bits per heavy atom. The van der Waals surface area contributed by atoms with E-state index in [9.17, 15) is 0 Å². The molecule has 2 heterocycles. The van der Waals surface area contributed by atoms with Crippen LogP contribution in [0, 0.1) is 5.92 Å². The zero-order valence-corrected chi connectivity index (χ0v) is 10.5. The van der Waals surface area contributed by atoms with Crippen molar-refractivity contribution in [1.82, 2.24) is 25.3 Å². The summed E-state index contributed by atoms with van der Waals surface area (Å²) in [5.74, 6) is 3.98. The monoisotopic (exact) mass is 254 g/mol. The molecular weight excluding hydrogens is 240 g/mol. The molecule has 0 aliphatic carbocycles. The van der Waals surface area contributed by atoms with Crippen LogP contribution in [0.4, 0.5) is 5.95 Å². The Morgan fingerprint density at radius 3 is 2.88 bits per heavy atom. The van der Waals surface area contributed by atoms with Crippen LogP contribution >= 0.6 is 11.8 Å². The fourth-order valence-electron chi connectivity index (χ4n) is 1.17. The van der Waals surface area contributed by atoms with Crippen LogP contribution in [0.25, 0.3) is 11.7 Å². The van der Waals surface area contributed by atoms with Gasteiger partial charge in [-0.3, -0.25) is 5.10 Å². The van der Waals surface area contributed by atoms with Gasteiger partial charge in [-0.2, -0.15) is 21.7 Å². The molecule has 0 saturated carbocycles. The van der Waals surface area contributed by atoms with Gasteiger partial charge in [-0.25, -0.2) is 0 Å². The second kappa shape index (κ2) is 5.17. The van der Waals surface area contributed by atoms with Crippen LogP contribution in [0.1, 0.15) is 19.7 Å². The number of thioether (sulfide) groups is 1. The number of nitrogens with two attached hydrogens (primary N) is 1. The number of aromatic nitrogens is 5. The first-order valence-corrected chi connectivity index (χ1v) is 6.39.